The van der Waals surface area contributed by atoms with E-state index in [1.54, 1.807) is 4.72 Å². The quantitative estimate of drug-likeness (QED) is 0.0605. The number of aromatic nitrogens is 3. The Morgan fingerprint density at radius 3 is 2.51 bits per heavy atom. The highest BCUT2D eigenvalue weighted by Gasteiger charge is 2.46. The zero-order chi connectivity index (χ0) is 37.6. The molecular weight excluding hydrogens is 726 g/mol. The molecule has 2 fully saturated rings. The van der Waals surface area contributed by atoms with Crippen molar-refractivity contribution in [3.05, 3.63) is 55.7 Å². The van der Waals surface area contributed by atoms with Crippen molar-refractivity contribution in [1.29, 1.82) is 0 Å². The van der Waals surface area contributed by atoms with Crippen LogP contribution in [0.5, 0.6) is 5.75 Å². The van der Waals surface area contributed by atoms with E-state index in [4.69, 9.17) is 10.6 Å². The Kier molecular flexibility index (Phi) is 9.14. The number of aliphatic carboxylic acids is 1. The fourth-order valence-corrected chi connectivity index (χ4v) is 5.91. The van der Waals surface area contributed by atoms with Gasteiger partial charge in [-0.1, -0.05) is 5.16 Å². The number of H-pyrrole nitrogens is 1. The number of carbonyl (C=O) groups is 6. The standard InChI is InChI=1S/C25H25N11O13S2/c1-25(2,21(43)44)49-31-16(12-9-50-22(26)29-12)18(40)28-11-7-34(20(11)42)23(45)32-51(47,48)36-4-3-35(24(36)46)30-17(39)10-6-27-15-5-13(37)14(38)8-33(15)19(10)41/h5-6,8-9,11,27,38H,3-4,7H2,1-2H3,(H2,26,29)(H,28,40)(H,30,39)(H,32,45)(H,43,44). The highest BCUT2D eigenvalue weighted by molar-refractivity contribution is 7.88. The Labute approximate surface area is 287 Å². The Balaban J connectivity index is 1.19. The lowest BCUT2D eigenvalue weighted by atomic mass is 10.1. The topological polar surface area (TPSA) is 338 Å². The van der Waals surface area contributed by atoms with E-state index in [0.717, 1.165) is 48.0 Å². The van der Waals surface area contributed by atoms with Gasteiger partial charge in [0, 0.05) is 17.6 Å². The summed E-state index contributed by atoms with van der Waals surface area (Å²) in [6.07, 6.45) is 1.70. The minimum absolute atomic E-state index is 0.0237. The van der Waals surface area contributed by atoms with Gasteiger partial charge in [-0.2, -0.15) is 8.42 Å². The number of fused-ring (bicyclic) bond motifs is 1. The molecule has 0 saturated carbocycles. The van der Waals surface area contributed by atoms with Crippen LogP contribution in [0.15, 0.2) is 38.6 Å². The number of urea groups is 2. The van der Waals surface area contributed by atoms with Gasteiger partial charge in [-0.05, 0) is 13.8 Å². The van der Waals surface area contributed by atoms with Gasteiger partial charge in [-0.15, -0.1) is 11.3 Å². The van der Waals surface area contributed by atoms with Gasteiger partial charge in [0.25, 0.3) is 23.3 Å². The number of hydrogen-bond acceptors (Lipinski definition) is 16. The lowest BCUT2D eigenvalue weighted by Gasteiger charge is -2.36. The highest BCUT2D eigenvalue weighted by atomic mass is 32.2. The molecule has 2 aliphatic rings. The average molecular weight is 752 g/mol. The van der Waals surface area contributed by atoms with Crippen LogP contribution in [0.4, 0.5) is 14.7 Å². The molecule has 7 amide bonds. The van der Waals surface area contributed by atoms with Crippen LogP contribution >= 0.6 is 11.3 Å². The predicted octanol–water partition coefficient (Wildman–Crippen LogP) is -3.32. The normalized spacial score (nSPS) is 16.5. The second kappa shape index (κ2) is 13.0. The van der Waals surface area contributed by atoms with Crippen LogP contribution < -0.4 is 32.2 Å². The molecule has 24 nitrogen and oxygen atoms in total. The van der Waals surface area contributed by atoms with Crippen LogP contribution in [0.3, 0.4) is 0 Å². The highest BCUT2D eigenvalue weighted by Crippen LogP contribution is 2.18. The first kappa shape index (κ1) is 35.7. The van der Waals surface area contributed by atoms with E-state index in [9.17, 15) is 57.0 Å². The molecule has 3 aromatic rings. The van der Waals surface area contributed by atoms with Gasteiger partial charge < -0.3 is 31.1 Å². The number of carboxylic acid groups (broad SMARTS) is 1. The van der Waals surface area contributed by atoms with Crippen LogP contribution in [0.25, 0.3) is 5.65 Å². The number of nitrogen functional groups attached to an aromatic ring is 1. The summed E-state index contributed by atoms with van der Waals surface area (Å²) in [5, 5.41) is 26.6. The van der Waals surface area contributed by atoms with Crippen LogP contribution in [0.2, 0.25) is 0 Å². The summed E-state index contributed by atoms with van der Waals surface area (Å²) < 4.78 is 28.3. The Morgan fingerprint density at radius 1 is 1.18 bits per heavy atom. The monoisotopic (exact) mass is 751 g/mol. The number of aromatic hydroxyl groups is 1. The Morgan fingerprint density at radius 2 is 1.88 bits per heavy atom. The number of hydrazine groups is 1. The van der Waals surface area contributed by atoms with Gasteiger partial charge in [0.2, 0.25) is 11.0 Å². The number of amides is 7. The first-order valence-electron chi connectivity index (χ1n) is 14.1. The van der Waals surface area contributed by atoms with E-state index in [1.165, 1.54) is 5.38 Å². The molecule has 5 rings (SSSR count). The molecule has 0 aliphatic carbocycles. The summed E-state index contributed by atoms with van der Waals surface area (Å²) in [5.41, 5.74) is 2.67. The third-order valence-electron chi connectivity index (χ3n) is 7.14. The third-order valence-corrected chi connectivity index (χ3v) is 9.17. The summed E-state index contributed by atoms with van der Waals surface area (Å²) in [5.74, 6) is -5.51. The van der Waals surface area contributed by atoms with E-state index in [0.29, 0.717) is 9.91 Å². The maximum Gasteiger partial charge on any atom is 0.353 e. The van der Waals surface area contributed by atoms with Crippen molar-refractivity contribution in [2.75, 3.05) is 25.4 Å². The molecule has 8 N–H and O–H groups in total. The molecule has 0 aromatic carbocycles. The fourth-order valence-electron chi connectivity index (χ4n) is 4.29. The number of likely N-dealkylation sites (tertiary alicyclic amines) is 1. The number of hydrogen-bond donors (Lipinski definition) is 7. The maximum absolute atomic E-state index is 13.0. The zero-order valence-corrected chi connectivity index (χ0v) is 27.6. The first-order valence-corrected chi connectivity index (χ1v) is 16.4. The van der Waals surface area contributed by atoms with Crippen molar-refractivity contribution >= 4 is 73.8 Å². The number of carboxylic acids is 1. The molecule has 0 bridgehead atoms. The molecule has 2 saturated heterocycles. The van der Waals surface area contributed by atoms with Gasteiger partial charge in [-0.25, -0.2) is 33.4 Å². The number of thiazole rings is 1. The molecule has 0 spiro atoms. The number of β-lactam (4-membered cyclic amide) rings is 1. The van der Waals surface area contributed by atoms with Gasteiger partial charge in [0.15, 0.2) is 16.6 Å². The number of oxime groups is 1. The second-order valence-electron chi connectivity index (χ2n) is 11.0. The van der Waals surface area contributed by atoms with E-state index in [-0.39, 0.29) is 20.8 Å². The van der Waals surface area contributed by atoms with Gasteiger partial charge in [0.1, 0.15) is 22.9 Å². The molecule has 0 radical (unpaired) electrons. The van der Waals surface area contributed by atoms with Gasteiger partial charge >= 0.3 is 28.2 Å². The molecule has 5 heterocycles. The van der Waals surface area contributed by atoms with E-state index < -0.39 is 105 Å². The molecule has 1 unspecified atom stereocenters. The van der Waals surface area contributed by atoms with Crippen LogP contribution in [0.1, 0.15) is 29.9 Å². The number of carbonyl (C=O) groups excluding carboxylic acids is 5. The van der Waals surface area contributed by atoms with Crippen LogP contribution in [-0.2, 0) is 29.4 Å². The number of imide groups is 1. The molecular formula is C25H25N11O13S2. The van der Waals surface area contributed by atoms with Crippen molar-refractivity contribution in [3.63, 3.8) is 0 Å². The average Bonchev–Trinajstić information content (AvgIpc) is 3.64. The van der Waals surface area contributed by atoms with Crippen molar-refractivity contribution < 1.29 is 52.2 Å². The van der Waals surface area contributed by atoms with Crippen LogP contribution in [-0.4, -0.2) is 120 Å². The van der Waals surface area contributed by atoms with Crippen molar-refractivity contribution in [2.45, 2.75) is 25.5 Å². The minimum atomic E-state index is -4.97. The second-order valence-corrected chi connectivity index (χ2v) is 13.5. The number of anilines is 1. The lowest BCUT2D eigenvalue weighted by Crippen LogP contribution is -2.68. The Hall–Kier alpha value is -6.57. The van der Waals surface area contributed by atoms with Gasteiger partial charge in [-0.3, -0.25) is 38.7 Å². The number of aromatic amines is 1. The molecule has 270 valence electrons. The molecule has 3 aromatic heterocycles. The number of nitrogens with one attached hydrogen (secondary N) is 4. The summed E-state index contributed by atoms with van der Waals surface area (Å²) >= 11 is 0.919. The van der Waals surface area contributed by atoms with Crippen molar-refractivity contribution in [1.82, 2.24) is 44.0 Å². The zero-order valence-electron chi connectivity index (χ0n) is 26.0. The smallest absolute Gasteiger partial charge is 0.353 e. The summed E-state index contributed by atoms with van der Waals surface area (Å²) in [6, 6.07) is -3.30. The maximum atomic E-state index is 13.0. The molecule has 51 heavy (non-hydrogen) atoms. The summed E-state index contributed by atoms with van der Waals surface area (Å²) in [7, 11) is -4.97. The Bertz CT molecular complexity index is 2280. The van der Waals surface area contributed by atoms with E-state index in [1.807, 2.05) is 0 Å². The molecule has 2 aliphatic heterocycles. The largest absolute Gasteiger partial charge is 0.503 e. The predicted molar refractivity (Wildman–Crippen MR) is 169 cm³/mol. The minimum Gasteiger partial charge on any atom is -0.503 e. The van der Waals surface area contributed by atoms with E-state index >= 15 is 0 Å². The SMILES string of the molecule is CC(C)(ON=C(C(=O)NC1CN(C(=O)NS(=O)(=O)N2CCN(NC(=O)c3c[nH]c4cc(=O)c(O)cn4c3=O)C2=O)C1=O)c1csc(N)n1)C(=O)O. The van der Waals surface area contributed by atoms with Crippen molar-refractivity contribution in [3.8, 4) is 5.75 Å². The molecule has 26 heteroatoms. The molecule has 1 atom stereocenters. The van der Waals surface area contributed by atoms with Crippen LogP contribution in [0, 0.1) is 0 Å². The fraction of sp³-hybridized carbons (Fsp3) is 0.280. The van der Waals surface area contributed by atoms with Gasteiger partial charge in [0.05, 0.1) is 25.8 Å². The number of pyridine rings is 1. The van der Waals surface area contributed by atoms with E-state index in [2.05, 4.69) is 25.9 Å². The number of rotatable bonds is 10. The third kappa shape index (κ3) is 6.97. The number of nitrogens with two attached hydrogens (primary N) is 1. The lowest BCUT2D eigenvalue weighted by molar-refractivity contribution is -0.161. The first-order chi connectivity index (χ1) is 23.8. The summed E-state index contributed by atoms with van der Waals surface area (Å²) in [6.45, 7) is 0.753. The van der Waals surface area contributed by atoms with Crippen molar-refractivity contribution in [2.24, 2.45) is 5.16 Å². The summed E-state index contributed by atoms with van der Waals surface area (Å²) in [4.78, 5) is 112. The number of nitrogens with zero attached hydrogens (tertiary/aromatic N) is 6.